The second-order valence-electron chi connectivity index (χ2n) is 6.64. The zero-order valence-corrected chi connectivity index (χ0v) is 15.8. The lowest BCUT2D eigenvalue weighted by atomic mass is 9.88. The van der Waals surface area contributed by atoms with E-state index in [0.29, 0.717) is 27.7 Å². The first-order chi connectivity index (χ1) is 13.0. The molecule has 1 aromatic heterocycles. The number of amides is 1. The molecule has 0 saturated carbocycles. The Balaban J connectivity index is 1.60. The number of aromatic nitrogens is 1. The van der Waals surface area contributed by atoms with E-state index >= 15 is 0 Å². The highest BCUT2D eigenvalue weighted by Gasteiger charge is 2.34. The quantitative estimate of drug-likeness (QED) is 0.625. The molecule has 2 heterocycles. The maximum absolute atomic E-state index is 12.9. The molecule has 138 valence electrons. The highest BCUT2D eigenvalue weighted by molar-refractivity contribution is 6.34. The number of benzene rings is 2. The van der Waals surface area contributed by atoms with Crippen molar-refractivity contribution in [2.75, 3.05) is 18.4 Å². The molecule has 1 aliphatic heterocycles. The van der Waals surface area contributed by atoms with Gasteiger partial charge in [-0.25, -0.2) is 0 Å². The molecule has 1 amide bonds. The van der Waals surface area contributed by atoms with Gasteiger partial charge in [-0.3, -0.25) is 9.59 Å². The number of nitrogens with one attached hydrogen (secondary N) is 3. The third kappa shape index (κ3) is 3.58. The fourth-order valence-electron chi connectivity index (χ4n) is 3.55. The van der Waals surface area contributed by atoms with Crippen LogP contribution in [0.1, 0.15) is 11.5 Å². The molecular weight excluding hydrogens is 385 g/mol. The third-order valence-electron chi connectivity index (χ3n) is 4.97. The lowest BCUT2D eigenvalue weighted by molar-refractivity contribution is -0.119. The maximum atomic E-state index is 12.9. The zero-order valence-electron chi connectivity index (χ0n) is 14.3. The van der Waals surface area contributed by atoms with Gasteiger partial charge in [-0.2, -0.15) is 0 Å². The maximum Gasteiger partial charge on any atom is 0.255 e. The number of hydrogen-bond acceptors (Lipinski definition) is 3. The van der Waals surface area contributed by atoms with Crippen molar-refractivity contribution in [3.05, 3.63) is 74.6 Å². The molecule has 0 spiro atoms. The van der Waals surface area contributed by atoms with Gasteiger partial charge in [-0.05, 0) is 41.3 Å². The minimum absolute atomic E-state index is 0.0596. The lowest BCUT2D eigenvalue weighted by Gasteiger charge is -2.19. The average Bonchev–Trinajstić information content (AvgIpc) is 3.14. The number of carbonyl (C=O) groups excluding carboxylic acids is 1. The predicted octanol–water partition coefficient (Wildman–Crippen LogP) is 3.78. The molecule has 0 unspecified atom stereocenters. The van der Waals surface area contributed by atoms with Crippen molar-refractivity contribution in [3.63, 3.8) is 0 Å². The number of rotatable bonds is 3. The van der Waals surface area contributed by atoms with Gasteiger partial charge in [0.25, 0.3) is 5.56 Å². The topological polar surface area (TPSA) is 74.0 Å². The molecule has 0 aliphatic carbocycles. The van der Waals surface area contributed by atoms with Crippen LogP contribution in [0.15, 0.2) is 53.5 Å². The standard InChI is InChI=1S/C20H17Cl2N3O2/c21-13-3-1-11(2-4-13)15-9-23-10-16(15)20(27)25-18-7-12-5-6-24-19(26)14(12)8-17(18)22/h1-8,15-16,23H,9-10H2,(H,24,26)(H,25,27)/t15-,16+/m0/s1. The Morgan fingerprint density at radius 3 is 2.63 bits per heavy atom. The van der Waals surface area contributed by atoms with Crippen LogP contribution in [-0.2, 0) is 4.79 Å². The van der Waals surface area contributed by atoms with Crippen LogP contribution in [0.4, 0.5) is 5.69 Å². The number of H-pyrrole nitrogens is 1. The zero-order chi connectivity index (χ0) is 19.0. The van der Waals surface area contributed by atoms with E-state index < -0.39 is 0 Å². The van der Waals surface area contributed by atoms with Crippen molar-refractivity contribution in [1.82, 2.24) is 10.3 Å². The smallest absolute Gasteiger partial charge is 0.255 e. The average molecular weight is 402 g/mol. The fraction of sp³-hybridized carbons (Fsp3) is 0.200. The molecule has 0 bridgehead atoms. The number of pyridine rings is 1. The van der Waals surface area contributed by atoms with Crippen molar-refractivity contribution in [1.29, 1.82) is 0 Å². The number of anilines is 1. The molecule has 3 aromatic rings. The van der Waals surface area contributed by atoms with Crippen LogP contribution in [0.2, 0.25) is 10.0 Å². The molecule has 2 atom stereocenters. The van der Waals surface area contributed by atoms with Crippen LogP contribution in [0, 0.1) is 5.92 Å². The lowest BCUT2D eigenvalue weighted by Crippen LogP contribution is -2.28. The van der Waals surface area contributed by atoms with Gasteiger partial charge < -0.3 is 15.6 Å². The molecular formula is C20H17Cl2N3O2. The summed E-state index contributed by atoms with van der Waals surface area (Å²) in [6.45, 7) is 1.31. The summed E-state index contributed by atoms with van der Waals surface area (Å²) in [4.78, 5) is 27.4. The Morgan fingerprint density at radius 2 is 1.85 bits per heavy atom. The van der Waals surface area contributed by atoms with Gasteiger partial charge in [0.2, 0.25) is 5.91 Å². The summed E-state index contributed by atoms with van der Waals surface area (Å²) in [5.41, 5.74) is 1.36. The van der Waals surface area contributed by atoms with Crippen LogP contribution in [-0.4, -0.2) is 24.0 Å². The van der Waals surface area contributed by atoms with Gasteiger partial charge in [0.15, 0.2) is 0 Å². The molecule has 1 saturated heterocycles. The number of aromatic amines is 1. The van der Waals surface area contributed by atoms with Crippen LogP contribution >= 0.6 is 23.2 Å². The van der Waals surface area contributed by atoms with E-state index in [9.17, 15) is 9.59 Å². The van der Waals surface area contributed by atoms with Gasteiger partial charge >= 0.3 is 0 Å². The SMILES string of the molecule is O=C(Nc1cc2cc[nH]c(=O)c2cc1Cl)[C@@H]1CNC[C@H]1c1ccc(Cl)cc1. The summed E-state index contributed by atoms with van der Waals surface area (Å²) < 4.78 is 0. The minimum Gasteiger partial charge on any atom is -0.329 e. The van der Waals surface area contributed by atoms with Crippen molar-refractivity contribution in [3.8, 4) is 0 Å². The normalized spacial score (nSPS) is 19.3. The van der Waals surface area contributed by atoms with E-state index in [-0.39, 0.29) is 23.3 Å². The Morgan fingerprint density at radius 1 is 1.07 bits per heavy atom. The van der Waals surface area contributed by atoms with Gasteiger partial charge in [0.05, 0.1) is 16.6 Å². The molecule has 7 heteroatoms. The molecule has 2 aromatic carbocycles. The highest BCUT2D eigenvalue weighted by Crippen LogP contribution is 2.32. The Kier molecular flexibility index (Phi) is 4.91. The van der Waals surface area contributed by atoms with Crippen molar-refractivity contribution < 1.29 is 4.79 Å². The van der Waals surface area contributed by atoms with Crippen LogP contribution in [0.3, 0.4) is 0 Å². The molecule has 5 nitrogen and oxygen atoms in total. The third-order valence-corrected chi connectivity index (χ3v) is 5.53. The number of fused-ring (bicyclic) bond motifs is 1. The van der Waals surface area contributed by atoms with Gasteiger partial charge in [-0.1, -0.05) is 35.3 Å². The van der Waals surface area contributed by atoms with Gasteiger partial charge in [-0.15, -0.1) is 0 Å². The van der Waals surface area contributed by atoms with E-state index in [1.54, 1.807) is 24.4 Å². The summed E-state index contributed by atoms with van der Waals surface area (Å²) in [6.07, 6.45) is 1.57. The molecule has 0 radical (unpaired) electrons. The Labute approximate surface area is 165 Å². The minimum atomic E-state index is -0.225. The second kappa shape index (κ2) is 7.35. The van der Waals surface area contributed by atoms with E-state index in [4.69, 9.17) is 23.2 Å². The first kappa shape index (κ1) is 18.0. The van der Waals surface area contributed by atoms with Crippen molar-refractivity contribution in [2.45, 2.75) is 5.92 Å². The van der Waals surface area contributed by atoms with Crippen LogP contribution in [0.5, 0.6) is 0 Å². The summed E-state index contributed by atoms with van der Waals surface area (Å²) in [5, 5.41) is 8.42. The van der Waals surface area contributed by atoms with Crippen molar-refractivity contribution in [2.24, 2.45) is 5.92 Å². The second-order valence-corrected chi connectivity index (χ2v) is 7.48. The Hall–Kier alpha value is -2.34. The Bertz CT molecular complexity index is 1060. The van der Waals surface area contributed by atoms with E-state index in [0.717, 1.165) is 17.5 Å². The molecule has 27 heavy (non-hydrogen) atoms. The molecule has 1 aliphatic rings. The van der Waals surface area contributed by atoms with Crippen LogP contribution < -0.4 is 16.2 Å². The first-order valence-electron chi connectivity index (χ1n) is 8.61. The fourth-order valence-corrected chi connectivity index (χ4v) is 3.88. The summed E-state index contributed by atoms with van der Waals surface area (Å²) in [5.74, 6) is -0.271. The summed E-state index contributed by atoms with van der Waals surface area (Å²) >= 11 is 12.3. The predicted molar refractivity (Wildman–Crippen MR) is 109 cm³/mol. The van der Waals surface area contributed by atoms with E-state index in [1.807, 2.05) is 24.3 Å². The molecule has 4 rings (SSSR count). The van der Waals surface area contributed by atoms with E-state index in [2.05, 4.69) is 15.6 Å². The summed E-state index contributed by atoms with van der Waals surface area (Å²) in [6, 6.07) is 12.7. The van der Waals surface area contributed by atoms with Crippen molar-refractivity contribution >= 4 is 45.6 Å². The van der Waals surface area contributed by atoms with Crippen LogP contribution in [0.25, 0.3) is 10.8 Å². The number of carbonyl (C=O) groups is 1. The van der Waals surface area contributed by atoms with Gasteiger partial charge in [0, 0.05) is 35.6 Å². The largest absolute Gasteiger partial charge is 0.329 e. The molecule has 1 fully saturated rings. The first-order valence-corrected chi connectivity index (χ1v) is 9.36. The van der Waals surface area contributed by atoms with Gasteiger partial charge in [0.1, 0.15) is 0 Å². The monoisotopic (exact) mass is 401 g/mol. The summed E-state index contributed by atoms with van der Waals surface area (Å²) in [7, 11) is 0. The number of hydrogen-bond donors (Lipinski definition) is 3. The highest BCUT2D eigenvalue weighted by atomic mass is 35.5. The number of halogens is 2. The van der Waals surface area contributed by atoms with E-state index in [1.165, 1.54) is 0 Å². The molecule has 3 N–H and O–H groups in total.